The first-order valence-electron chi connectivity index (χ1n) is 4.31. The number of hydrogen-bond donors (Lipinski definition) is 1. The molecule has 1 N–H and O–H groups in total. The average molecular weight is 227 g/mol. The molecule has 3 nitrogen and oxygen atoms in total. The summed E-state index contributed by atoms with van der Waals surface area (Å²) in [6.45, 7) is 0. The number of rotatable bonds is 4. The van der Waals surface area contributed by atoms with Gasteiger partial charge in [-0.3, -0.25) is 4.79 Å². The molecule has 0 atom stereocenters. The number of methoxy groups -OCH3 is 1. The number of halogens is 1. The molecule has 0 fully saturated rings. The van der Waals surface area contributed by atoms with Crippen LogP contribution in [0.2, 0.25) is 0 Å². The Morgan fingerprint density at radius 3 is 2.93 bits per heavy atom. The Balaban J connectivity index is 2.87. The third-order valence-corrected chi connectivity index (χ3v) is 2.06. The number of hydrogen-bond acceptors (Lipinski definition) is 3. The summed E-state index contributed by atoms with van der Waals surface area (Å²) in [7, 11) is 1.46. The Morgan fingerprint density at radius 1 is 1.60 bits per heavy atom. The van der Waals surface area contributed by atoms with Gasteiger partial charge in [-0.1, -0.05) is 12.1 Å². The number of ketones is 1. The van der Waals surface area contributed by atoms with Gasteiger partial charge in [-0.25, -0.2) is 0 Å². The van der Waals surface area contributed by atoms with E-state index in [1.54, 1.807) is 18.2 Å². The zero-order chi connectivity index (χ0) is 11.3. The summed E-state index contributed by atoms with van der Waals surface area (Å²) in [5, 5.41) is 9.32. The number of benzene rings is 1. The monoisotopic (exact) mass is 226 g/mol. The number of carbonyl (C=O) groups excluding carboxylic acids is 1. The molecule has 0 heterocycles. The van der Waals surface area contributed by atoms with Gasteiger partial charge in [-0.15, -0.1) is 11.6 Å². The van der Waals surface area contributed by atoms with E-state index in [0.717, 1.165) is 5.56 Å². The number of phenols is 1. The minimum absolute atomic E-state index is 0.0360. The predicted molar refractivity (Wildman–Crippen MR) is 59.4 cm³/mol. The summed E-state index contributed by atoms with van der Waals surface area (Å²) < 4.78 is 4.92. The second kappa shape index (κ2) is 5.41. The molecule has 0 saturated carbocycles. The Hall–Kier alpha value is -1.48. The first-order chi connectivity index (χ1) is 7.17. The lowest BCUT2D eigenvalue weighted by Gasteiger charge is -2.03. The fourth-order valence-corrected chi connectivity index (χ4v) is 1.12. The molecule has 0 radical (unpaired) electrons. The Morgan fingerprint density at radius 2 is 2.33 bits per heavy atom. The zero-order valence-corrected chi connectivity index (χ0v) is 8.99. The van der Waals surface area contributed by atoms with Crippen molar-refractivity contribution in [2.45, 2.75) is 0 Å². The molecule has 1 rings (SSSR count). The molecule has 0 aliphatic rings. The van der Waals surface area contributed by atoms with Crippen LogP contribution in [0.5, 0.6) is 11.5 Å². The van der Waals surface area contributed by atoms with Gasteiger partial charge in [0.2, 0.25) is 0 Å². The maximum atomic E-state index is 10.9. The van der Waals surface area contributed by atoms with Crippen LogP contribution in [-0.2, 0) is 4.79 Å². The van der Waals surface area contributed by atoms with Crippen LogP contribution in [0.3, 0.4) is 0 Å². The number of aromatic hydroxyl groups is 1. The summed E-state index contributed by atoms with van der Waals surface area (Å²) in [6, 6.07) is 4.81. The van der Waals surface area contributed by atoms with Crippen molar-refractivity contribution in [1.82, 2.24) is 0 Å². The van der Waals surface area contributed by atoms with Crippen LogP contribution < -0.4 is 4.74 Å². The number of allylic oxidation sites excluding steroid dienone is 1. The van der Waals surface area contributed by atoms with Crippen molar-refractivity contribution in [3.8, 4) is 11.5 Å². The normalized spacial score (nSPS) is 10.5. The molecule has 0 spiro atoms. The predicted octanol–water partition coefficient (Wildman–Crippen LogP) is 2.22. The van der Waals surface area contributed by atoms with E-state index >= 15 is 0 Å². The van der Waals surface area contributed by atoms with Crippen molar-refractivity contribution in [2.75, 3.05) is 13.0 Å². The zero-order valence-electron chi connectivity index (χ0n) is 8.24. The molecule has 0 aliphatic carbocycles. The van der Waals surface area contributed by atoms with E-state index in [9.17, 15) is 9.90 Å². The van der Waals surface area contributed by atoms with E-state index in [0.29, 0.717) is 5.75 Å². The summed E-state index contributed by atoms with van der Waals surface area (Å²) in [5.41, 5.74) is 0.767. The molecular weight excluding hydrogens is 216 g/mol. The van der Waals surface area contributed by atoms with Gasteiger partial charge in [0.15, 0.2) is 17.3 Å². The second-order valence-electron chi connectivity index (χ2n) is 2.86. The van der Waals surface area contributed by atoms with E-state index in [1.165, 1.54) is 19.3 Å². The molecule has 0 saturated heterocycles. The molecule has 4 heteroatoms. The van der Waals surface area contributed by atoms with Crippen molar-refractivity contribution in [3.05, 3.63) is 29.8 Å². The van der Waals surface area contributed by atoms with Crippen LogP contribution in [0.15, 0.2) is 24.3 Å². The summed E-state index contributed by atoms with van der Waals surface area (Å²) in [4.78, 5) is 10.9. The number of phenolic OH excluding ortho intramolecular Hbond substituents is 1. The lowest BCUT2D eigenvalue weighted by molar-refractivity contribution is -0.112. The van der Waals surface area contributed by atoms with E-state index in [-0.39, 0.29) is 17.4 Å². The standard InChI is InChI=1S/C11H11ClO3/c1-15-11-6-8(3-5-10(11)14)2-4-9(13)7-12/h2-6,14H,7H2,1H3/b4-2+. The van der Waals surface area contributed by atoms with Crippen LogP contribution in [0.1, 0.15) is 5.56 Å². The lowest BCUT2D eigenvalue weighted by atomic mass is 10.2. The summed E-state index contributed by atoms with van der Waals surface area (Å²) in [5.74, 6) is 0.239. The van der Waals surface area contributed by atoms with E-state index in [4.69, 9.17) is 16.3 Å². The fourth-order valence-electron chi connectivity index (χ4n) is 1.03. The molecule has 0 unspecified atom stereocenters. The van der Waals surface area contributed by atoms with Crippen molar-refractivity contribution < 1.29 is 14.6 Å². The van der Waals surface area contributed by atoms with Crippen LogP contribution in [0.25, 0.3) is 6.08 Å². The van der Waals surface area contributed by atoms with Gasteiger partial charge >= 0.3 is 0 Å². The first kappa shape index (κ1) is 11.6. The van der Waals surface area contributed by atoms with E-state index in [2.05, 4.69) is 0 Å². The van der Waals surface area contributed by atoms with E-state index < -0.39 is 0 Å². The van der Waals surface area contributed by atoms with Crippen LogP contribution in [-0.4, -0.2) is 23.9 Å². The number of ether oxygens (including phenoxy) is 1. The fraction of sp³-hybridized carbons (Fsp3) is 0.182. The highest BCUT2D eigenvalue weighted by Gasteiger charge is 2.00. The topological polar surface area (TPSA) is 46.5 Å². The van der Waals surface area contributed by atoms with Crippen molar-refractivity contribution in [1.29, 1.82) is 0 Å². The van der Waals surface area contributed by atoms with Gasteiger partial charge in [-0.05, 0) is 23.8 Å². The van der Waals surface area contributed by atoms with Crippen LogP contribution >= 0.6 is 11.6 Å². The molecule has 0 aliphatic heterocycles. The maximum absolute atomic E-state index is 10.9. The largest absolute Gasteiger partial charge is 0.504 e. The smallest absolute Gasteiger partial charge is 0.170 e. The van der Waals surface area contributed by atoms with Gasteiger partial charge in [0.25, 0.3) is 0 Å². The maximum Gasteiger partial charge on any atom is 0.170 e. The quantitative estimate of drug-likeness (QED) is 0.633. The molecule has 0 aromatic heterocycles. The summed E-state index contributed by atoms with van der Waals surface area (Å²) >= 11 is 5.34. The van der Waals surface area contributed by atoms with E-state index in [1.807, 2.05) is 0 Å². The Bertz CT molecular complexity index is 385. The minimum atomic E-state index is -0.163. The third-order valence-electron chi connectivity index (χ3n) is 1.80. The lowest BCUT2D eigenvalue weighted by Crippen LogP contribution is -1.91. The van der Waals surface area contributed by atoms with Gasteiger partial charge < -0.3 is 9.84 Å². The highest BCUT2D eigenvalue weighted by molar-refractivity contribution is 6.29. The summed E-state index contributed by atoms with van der Waals surface area (Å²) in [6.07, 6.45) is 3.01. The third kappa shape index (κ3) is 3.29. The van der Waals surface area contributed by atoms with Gasteiger partial charge in [0, 0.05) is 0 Å². The Kier molecular flexibility index (Phi) is 4.18. The molecule has 15 heavy (non-hydrogen) atoms. The van der Waals surface area contributed by atoms with Crippen molar-refractivity contribution in [3.63, 3.8) is 0 Å². The molecule has 1 aromatic rings. The number of alkyl halides is 1. The minimum Gasteiger partial charge on any atom is -0.504 e. The second-order valence-corrected chi connectivity index (χ2v) is 3.13. The number of carbonyl (C=O) groups is 1. The molecule has 1 aromatic carbocycles. The first-order valence-corrected chi connectivity index (χ1v) is 4.84. The highest BCUT2D eigenvalue weighted by atomic mass is 35.5. The molecule has 0 amide bonds. The van der Waals surface area contributed by atoms with Crippen molar-refractivity contribution in [2.24, 2.45) is 0 Å². The van der Waals surface area contributed by atoms with Gasteiger partial charge in [0.05, 0.1) is 13.0 Å². The van der Waals surface area contributed by atoms with Crippen LogP contribution in [0.4, 0.5) is 0 Å². The van der Waals surface area contributed by atoms with Crippen LogP contribution in [0, 0.1) is 0 Å². The highest BCUT2D eigenvalue weighted by Crippen LogP contribution is 2.26. The SMILES string of the molecule is COc1cc(/C=C/C(=O)CCl)ccc1O. The molecule has 0 bridgehead atoms. The molecular formula is C11H11ClO3. The van der Waals surface area contributed by atoms with Crippen molar-refractivity contribution >= 4 is 23.5 Å². The van der Waals surface area contributed by atoms with Gasteiger partial charge in [-0.2, -0.15) is 0 Å². The Labute approximate surface area is 92.9 Å². The molecule has 80 valence electrons. The van der Waals surface area contributed by atoms with Gasteiger partial charge in [0.1, 0.15) is 0 Å². The average Bonchev–Trinajstić information content (AvgIpc) is 2.27.